The number of likely N-dealkylation sites (tertiary alicyclic amines) is 1. The van der Waals surface area contributed by atoms with Gasteiger partial charge in [0.2, 0.25) is 0 Å². The van der Waals surface area contributed by atoms with E-state index in [4.69, 9.17) is 4.74 Å². The minimum atomic E-state index is -0.0590. The molecule has 118 valence electrons. The lowest BCUT2D eigenvalue weighted by molar-refractivity contribution is 0.0953. The summed E-state index contributed by atoms with van der Waals surface area (Å²) in [4.78, 5) is 15.0. The molecule has 2 rings (SSSR count). The van der Waals surface area contributed by atoms with Crippen LogP contribution in [0.2, 0.25) is 0 Å². The fraction of sp³-hybridized carbons (Fsp3) is 0.667. The van der Waals surface area contributed by atoms with E-state index in [1.807, 2.05) is 11.4 Å². The molecule has 5 nitrogen and oxygen atoms in total. The van der Waals surface area contributed by atoms with Crippen molar-refractivity contribution in [2.45, 2.75) is 31.7 Å². The number of aliphatic hydroxyl groups excluding tert-OH is 1. The Morgan fingerprint density at radius 2 is 2.43 bits per heavy atom. The van der Waals surface area contributed by atoms with Gasteiger partial charge in [-0.3, -0.25) is 9.69 Å². The number of carbonyl (C=O) groups is 1. The molecular weight excluding hydrogens is 288 g/mol. The Labute approximate surface area is 129 Å². The Morgan fingerprint density at radius 1 is 1.57 bits per heavy atom. The molecule has 0 aliphatic carbocycles. The first-order chi connectivity index (χ1) is 10.3. The second kappa shape index (κ2) is 8.36. The van der Waals surface area contributed by atoms with Gasteiger partial charge in [0.15, 0.2) is 0 Å². The van der Waals surface area contributed by atoms with Crippen molar-refractivity contribution in [1.29, 1.82) is 0 Å². The molecule has 6 heteroatoms. The monoisotopic (exact) mass is 312 g/mol. The van der Waals surface area contributed by atoms with Gasteiger partial charge in [0.25, 0.3) is 5.91 Å². The third kappa shape index (κ3) is 4.43. The third-order valence-electron chi connectivity index (χ3n) is 3.92. The molecule has 1 aromatic rings. The number of hydrogen-bond acceptors (Lipinski definition) is 5. The van der Waals surface area contributed by atoms with Crippen LogP contribution in [0.15, 0.2) is 11.4 Å². The van der Waals surface area contributed by atoms with Crippen molar-refractivity contribution < 1.29 is 14.6 Å². The lowest BCUT2D eigenvalue weighted by Crippen LogP contribution is -2.33. The Hall–Kier alpha value is -1.11. The molecular formula is C15H24N2O3S. The summed E-state index contributed by atoms with van der Waals surface area (Å²) in [5.74, 6) is 0.580. The standard InChI is InChI=1S/C15H24N2O3S/c1-20-13-6-10-21-14(13)15(19)16-7-2-3-8-17-9-4-5-12(17)11-18/h6,10,12,18H,2-5,7-9,11H2,1H3,(H,16,19). The van der Waals surface area contributed by atoms with Crippen LogP contribution in [-0.2, 0) is 0 Å². The summed E-state index contributed by atoms with van der Waals surface area (Å²) in [6.07, 6.45) is 4.28. The van der Waals surface area contributed by atoms with Gasteiger partial charge >= 0.3 is 0 Å². The van der Waals surface area contributed by atoms with Crippen LogP contribution in [-0.4, -0.2) is 55.3 Å². The topological polar surface area (TPSA) is 61.8 Å². The van der Waals surface area contributed by atoms with E-state index in [2.05, 4.69) is 10.2 Å². The van der Waals surface area contributed by atoms with E-state index in [0.717, 1.165) is 32.4 Å². The number of rotatable bonds is 8. The molecule has 0 radical (unpaired) electrons. The van der Waals surface area contributed by atoms with Crippen molar-refractivity contribution in [3.63, 3.8) is 0 Å². The Balaban J connectivity index is 1.62. The van der Waals surface area contributed by atoms with Crippen LogP contribution < -0.4 is 10.1 Å². The molecule has 1 unspecified atom stereocenters. The molecule has 21 heavy (non-hydrogen) atoms. The van der Waals surface area contributed by atoms with Crippen molar-refractivity contribution >= 4 is 17.2 Å². The van der Waals surface area contributed by atoms with Crippen LogP contribution in [0.25, 0.3) is 0 Å². The minimum Gasteiger partial charge on any atom is -0.495 e. The average molecular weight is 312 g/mol. The smallest absolute Gasteiger partial charge is 0.265 e. The van der Waals surface area contributed by atoms with Crippen LogP contribution in [0, 0.1) is 0 Å². The number of nitrogens with zero attached hydrogens (tertiary/aromatic N) is 1. The van der Waals surface area contributed by atoms with Gasteiger partial charge in [0.05, 0.1) is 13.7 Å². The summed E-state index contributed by atoms with van der Waals surface area (Å²) >= 11 is 1.40. The summed E-state index contributed by atoms with van der Waals surface area (Å²) in [7, 11) is 1.58. The number of methoxy groups -OCH3 is 1. The summed E-state index contributed by atoms with van der Waals surface area (Å²) in [6.45, 7) is 3.03. The molecule has 2 N–H and O–H groups in total. The maximum absolute atomic E-state index is 12.0. The lowest BCUT2D eigenvalue weighted by Gasteiger charge is -2.22. The molecule has 2 heterocycles. The predicted molar refractivity (Wildman–Crippen MR) is 84.1 cm³/mol. The van der Waals surface area contributed by atoms with E-state index in [0.29, 0.717) is 23.2 Å². The molecule has 0 saturated carbocycles. The molecule has 1 aliphatic rings. The van der Waals surface area contributed by atoms with Crippen molar-refractivity contribution in [3.05, 3.63) is 16.3 Å². The second-order valence-corrected chi connectivity index (χ2v) is 6.21. The van der Waals surface area contributed by atoms with Crippen molar-refractivity contribution in [2.24, 2.45) is 0 Å². The predicted octanol–water partition coefficient (Wildman–Crippen LogP) is 1.72. The highest BCUT2D eigenvalue weighted by atomic mass is 32.1. The average Bonchev–Trinajstić information content (AvgIpc) is 3.14. The summed E-state index contributed by atoms with van der Waals surface area (Å²) in [5, 5.41) is 14.0. The fourth-order valence-corrected chi connectivity index (χ4v) is 3.52. The first-order valence-electron chi connectivity index (χ1n) is 7.51. The van der Waals surface area contributed by atoms with E-state index >= 15 is 0 Å². The number of carbonyl (C=O) groups excluding carboxylic acids is 1. The molecule has 1 amide bonds. The highest BCUT2D eigenvalue weighted by molar-refractivity contribution is 7.12. The molecule has 1 saturated heterocycles. The molecule has 0 spiro atoms. The van der Waals surface area contributed by atoms with Gasteiger partial charge in [-0.15, -0.1) is 11.3 Å². The zero-order valence-electron chi connectivity index (χ0n) is 12.5. The van der Waals surface area contributed by atoms with E-state index in [1.54, 1.807) is 7.11 Å². The van der Waals surface area contributed by atoms with Crippen LogP contribution in [0.5, 0.6) is 5.75 Å². The summed E-state index contributed by atoms with van der Waals surface area (Å²) < 4.78 is 5.14. The third-order valence-corrected chi connectivity index (χ3v) is 4.82. The molecule has 0 aromatic carbocycles. The molecule has 0 bridgehead atoms. The first kappa shape index (κ1) is 16.3. The number of ether oxygens (including phenoxy) is 1. The molecule has 1 atom stereocenters. The SMILES string of the molecule is COc1ccsc1C(=O)NCCCCN1CCCC1CO. The quantitative estimate of drug-likeness (QED) is 0.718. The van der Waals surface area contributed by atoms with Crippen molar-refractivity contribution in [3.8, 4) is 5.75 Å². The highest BCUT2D eigenvalue weighted by Gasteiger charge is 2.22. The number of nitrogens with one attached hydrogen (secondary N) is 1. The summed E-state index contributed by atoms with van der Waals surface area (Å²) in [5.41, 5.74) is 0. The van der Waals surface area contributed by atoms with E-state index in [-0.39, 0.29) is 12.5 Å². The number of thiophene rings is 1. The van der Waals surface area contributed by atoms with Crippen molar-refractivity contribution in [2.75, 3.05) is 33.4 Å². The normalized spacial score (nSPS) is 18.9. The molecule has 1 fully saturated rings. The first-order valence-corrected chi connectivity index (χ1v) is 8.38. The van der Waals surface area contributed by atoms with Gasteiger partial charge in [0, 0.05) is 12.6 Å². The van der Waals surface area contributed by atoms with Gasteiger partial charge in [0.1, 0.15) is 10.6 Å². The fourth-order valence-electron chi connectivity index (χ4n) is 2.74. The number of unbranched alkanes of at least 4 members (excludes halogenated alkanes) is 1. The van der Waals surface area contributed by atoms with Gasteiger partial charge in [-0.2, -0.15) is 0 Å². The zero-order valence-corrected chi connectivity index (χ0v) is 13.3. The van der Waals surface area contributed by atoms with Crippen molar-refractivity contribution in [1.82, 2.24) is 10.2 Å². The largest absolute Gasteiger partial charge is 0.495 e. The van der Waals surface area contributed by atoms with Gasteiger partial charge in [-0.05, 0) is 50.2 Å². The molecule has 1 aromatic heterocycles. The second-order valence-electron chi connectivity index (χ2n) is 5.30. The Morgan fingerprint density at radius 3 is 3.19 bits per heavy atom. The minimum absolute atomic E-state index is 0.0590. The van der Waals surface area contributed by atoms with Crippen LogP contribution >= 0.6 is 11.3 Å². The Kier molecular flexibility index (Phi) is 6.48. The number of hydrogen-bond donors (Lipinski definition) is 2. The molecule has 1 aliphatic heterocycles. The van der Waals surface area contributed by atoms with Gasteiger partial charge in [-0.1, -0.05) is 0 Å². The maximum Gasteiger partial charge on any atom is 0.265 e. The van der Waals surface area contributed by atoms with Crippen LogP contribution in [0.4, 0.5) is 0 Å². The van der Waals surface area contributed by atoms with E-state index in [9.17, 15) is 9.90 Å². The van der Waals surface area contributed by atoms with E-state index in [1.165, 1.54) is 17.8 Å². The van der Waals surface area contributed by atoms with Crippen LogP contribution in [0.3, 0.4) is 0 Å². The zero-order chi connectivity index (χ0) is 15.1. The lowest BCUT2D eigenvalue weighted by atomic mass is 10.2. The van der Waals surface area contributed by atoms with Crippen LogP contribution in [0.1, 0.15) is 35.4 Å². The highest BCUT2D eigenvalue weighted by Crippen LogP contribution is 2.24. The van der Waals surface area contributed by atoms with Gasteiger partial charge < -0.3 is 15.2 Å². The maximum atomic E-state index is 12.0. The number of amides is 1. The van der Waals surface area contributed by atoms with E-state index < -0.39 is 0 Å². The summed E-state index contributed by atoms with van der Waals surface area (Å²) in [6, 6.07) is 2.15. The van der Waals surface area contributed by atoms with Gasteiger partial charge in [-0.25, -0.2) is 0 Å². The number of aliphatic hydroxyl groups is 1. The Bertz CT molecular complexity index is 450.